The number of hydrogen-bond donors (Lipinski definition) is 5. The second kappa shape index (κ2) is 6.90. The van der Waals surface area contributed by atoms with Crippen molar-refractivity contribution in [1.29, 1.82) is 0 Å². The standard InChI is InChI=1S/C15H18O7P2/c16-15(23(17,18)19,24(20,21)22)11-10-12-6-8-14(9-7-12)13-4-2-1-3-5-13/h1-9,16H,10-11H2,(H2,17,18,19)(H2,20,21,22). The van der Waals surface area contributed by atoms with Crippen molar-refractivity contribution in [1.82, 2.24) is 0 Å². The molecule has 0 aliphatic heterocycles. The highest BCUT2D eigenvalue weighted by atomic mass is 31.2. The van der Waals surface area contributed by atoms with Crippen molar-refractivity contribution < 1.29 is 33.8 Å². The lowest BCUT2D eigenvalue weighted by Crippen LogP contribution is -2.29. The molecule has 0 aromatic heterocycles. The predicted octanol–water partition coefficient (Wildman–Crippen LogP) is 2.29. The second-order valence-electron chi connectivity index (χ2n) is 5.43. The zero-order valence-electron chi connectivity index (χ0n) is 12.6. The molecule has 2 aromatic carbocycles. The van der Waals surface area contributed by atoms with E-state index < -0.39 is 26.7 Å². The summed E-state index contributed by atoms with van der Waals surface area (Å²) in [5.74, 6) is 0. The van der Waals surface area contributed by atoms with Gasteiger partial charge in [0.25, 0.3) is 5.08 Å². The molecule has 0 bridgehead atoms. The Kier molecular flexibility index (Phi) is 5.47. The van der Waals surface area contributed by atoms with Crippen molar-refractivity contribution in [3.63, 3.8) is 0 Å². The Morgan fingerprint density at radius 2 is 1.21 bits per heavy atom. The van der Waals surface area contributed by atoms with Crippen molar-refractivity contribution in [2.75, 3.05) is 0 Å². The Morgan fingerprint density at radius 1 is 0.750 bits per heavy atom. The Hall–Kier alpha value is -1.30. The van der Waals surface area contributed by atoms with Gasteiger partial charge in [0.1, 0.15) is 0 Å². The van der Waals surface area contributed by atoms with Gasteiger partial charge in [-0.1, -0.05) is 54.6 Å². The third-order valence-electron chi connectivity index (χ3n) is 3.74. The third kappa shape index (κ3) is 4.02. The molecule has 0 aliphatic rings. The average molecular weight is 372 g/mol. The van der Waals surface area contributed by atoms with Gasteiger partial charge in [-0.25, -0.2) is 0 Å². The van der Waals surface area contributed by atoms with E-state index in [1.807, 2.05) is 30.3 Å². The first-order chi connectivity index (χ1) is 11.0. The van der Waals surface area contributed by atoms with E-state index in [4.69, 9.17) is 19.6 Å². The molecule has 0 saturated carbocycles. The summed E-state index contributed by atoms with van der Waals surface area (Å²) in [5, 5.41) is 6.48. The Bertz CT molecular complexity index is 755. The van der Waals surface area contributed by atoms with Crippen LogP contribution in [0.1, 0.15) is 12.0 Å². The molecule has 9 heteroatoms. The minimum absolute atomic E-state index is 0.0954. The van der Waals surface area contributed by atoms with Crippen LogP contribution in [0.3, 0.4) is 0 Å². The largest absolute Gasteiger partial charge is 0.369 e. The van der Waals surface area contributed by atoms with Gasteiger partial charge in [0, 0.05) is 6.42 Å². The quantitative estimate of drug-likeness (QED) is 0.491. The number of benzene rings is 2. The van der Waals surface area contributed by atoms with Gasteiger partial charge < -0.3 is 24.7 Å². The molecule has 0 amide bonds. The summed E-state index contributed by atoms with van der Waals surface area (Å²) in [7, 11) is -10.8. The van der Waals surface area contributed by atoms with Crippen LogP contribution in [0.5, 0.6) is 0 Å². The van der Waals surface area contributed by atoms with Crippen LogP contribution in [0.4, 0.5) is 0 Å². The Balaban J connectivity index is 2.17. The minimum atomic E-state index is -5.41. The van der Waals surface area contributed by atoms with Crippen LogP contribution in [0, 0.1) is 0 Å². The van der Waals surface area contributed by atoms with Gasteiger partial charge in [-0.2, -0.15) is 0 Å². The molecular formula is C15H18O7P2. The molecule has 7 nitrogen and oxygen atoms in total. The second-order valence-corrected chi connectivity index (χ2v) is 9.43. The van der Waals surface area contributed by atoms with Crippen LogP contribution in [0.25, 0.3) is 11.1 Å². The van der Waals surface area contributed by atoms with E-state index >= 15 is 0 Å². The normalized spacial score (nSPS) is 13.0. The molecule has 2 aromatic rings. The van der Waals surface area contributed by atoms with Crippen LogP contribution in [-0.4, -0.2) is 29.8 Å². The topological polar surface area (TPSA) is 135 Å². The predicted molar refractivity (Wildman–Crippen MR) is 89.2 cm³/mol. The molecule has 0 heterocycles. The molecule has 0 fully saturated rings. The van der Waals surface area contributed by atoms with Gasteiger partial charge in [-0.15, -0.1) is 0 Å². The van der Waals surface area contributed by atoms with E-state index in [2.05, 4.69) is 0 Å². The fraction of sp³-hybridized carbons (Fsp3) is 0.200. The van der Waals surface area contributed by atoms with Crippen LogP contribution >= 0.6 is 15.2 Å². The van der Waals surface area contributed by atoms with E-state index in [9.17, 15) is 14.2 Å². The monoisotopic (exact) mass is 372 g/mol. The highest BCUT2D eigenvalue weighted by molar-refractivity contribution is 7.72. The molecule has 0 aliphatic carbocycles. The van der Waals surface area contributed by atoms with E-state index in [1.165, 1.54) is 0 Å². The fourth-order valence-electron chi connectivity index (χ4n) is 2.27. The maximum absolute atomic E-state index is 11.3. The minimum Gasteiger partial charge on any atom is -0.368 e. The highest BCUT2D eigenvalue weighted by Gasteiger charge is 2.58. The zero-order valence-corrected chi connectivity index (χ0v) is 14.3. The third-order valence-corrected chi connectivity index (χ3v) is 7.62. The lowest BCUT2D eigenvalue weighted by molar-refractivity contribution is 0.123. The summed E-state index contributed by atoms with van der Waals surface area (Å²) in [5.41, 5.74) is 2.51. The molecular weight excluding hydrogens is 354 g/mol. The number of rotatable bonds is 6. The van der Waals surface area contributed by atoms with Crippen LogP contribution in [0.15, 0.2) is 54.6 Å². The molecule has 0 atom stereocenters. The van der Waals surface area contributed by atoms with Crippen LogP contribution < -0.4 is 0 Å². The Labute approximate surface area is 138 Å². The maximum atomic E-state index is 11.3. The van der Waals surface area contributed by atoms with Gasteiger partial charge in [-0.3, -0.25) is 9.13 Å². The molecule has 0 radical (unpaired) electrons. The average Bonchev–Trinajstić information content (AvgIpc) is 2.52. The SMILES string of the molecule is O=P(O)(O)C(O)(CCc1ccc(-c2ccccc2)cc1)P(=O)(O)O. The van der Waals surface area contributed by atoms with Gasteiger partial charge in [-0.05, 0) is 23.1 Å². The van der Waals surface area contributed by atoms with Gasteiger partial charge in [0.05, 0.1) is 0 Å². The molecule has 0 spiro atoms. The molecule has 5 N–H and O–H groups in total. The summed E-state index contributed by atoms with van der Waals surface area (Å²) in [4.78, 5) is 36.4. The number of aryl methyl sites for hydroxylation is 1. The van der Waals surface area contributed by atoms with Crippen LogP contribution in [-0.2, 0) is 15.6 Å². The van der Waals surface area contributed by atoms with Crippen LogP contribution in [0.2, 0.25) is 0 Å². The Morgan fingerprint density at radius 3 is 1.67 bits per heavy atom. The van der Waals surface area contributed by atoms with E-state index in [0.29, 0.717) is 5.56 Å². The zero-order chi connectivity index (χ0) is 18.0. The lowest BCUT2D eigenvalue weighted by Gasteiger charge is -2.29. The van der Waals surface area contributed by atoms with Crippen molar-refractivity contribution in [2.45, 2.75) is 17.9 Å². The van der Waals surface area contributed by atoms with E-state index in [-0.39, 0.29) is 6.42 Å². The molecule has 130 valence electrons. The molecule has 0 saturated heterocycles. The van der Waals surface area contributed by atoms with Gasteiger partial charge in [0.15, 0.2) is 0 Å². The summed E-state index contributed by atoms with van der Waals surface area (Å²) in [6.07, 6.45) is -0.853. The van der Waals surface area contributed by atoms with Crippen molar-refractivity contribution in [2.24, 2.45) is 0 Å². The molecule has 24 heavy (non-hydrogen) atoms. The smallest absolute Gasteiger partial charge is 0.368 e. The van der Waals surface area contributed by atoms with Crippen molar-refractivity contribution in [3.05, 3.63) is 60.2 Å². The summed E-state index contributed by atoms with van der Waals surface area (Å²) < 4.78 is 22.6. The first kappa shape index (κ1) is 19.0. The summed E-state index contributed by atoms with van der Waals surface area (Å²) >= 11 is 0. The number of aliphatic hydroxyl groups is 1. The van der Waals surface area contributed by atoms with Crippen molar-refractivity contribution >= 4 is 15.2 Å². The summed E-state index contributed by atoms with van der Waals surface area (Å²) in [6, 6.07) is 16.5. The fourth-order valence-corrected chi connectivity index (χ4v) is 4.43. The molecule has 0 unspecified atom stereocenters. The number of hydrogen-bond acceptors (Lipinski definition) is 3. The van der Waals surface area contributed by atoms with E-state index in [0.717, 1.165) is 11.1 Å². The maximum Gasteiger partial charge on any atom is 0.369 e. The highest BCUT2D eigenvalue weighted by Crippen LogP contribution is 2.69. The van der Waals surface area contributed by atoms with E-state index in [1.54, 1.807) is 24.3 Å². The van der Waals surface area contributed by atoms with Crippen molar-refractivity contribution in [3.8, 4) is 11.1 Å². The summed E-state index contributed by atoms with van der Waals surface area (Å²) in [6.45, 7) is 0. The first-order valence-electron chi connectivity index (χ1n) is 7.03. The van der Waals surface area contributed by atoms with Gasteiger partial charge in [0.2, 0.25) is 0 Å². The lowest BCUT2D eigenvalue weighted by atomic mass is 10.0. The first-order valence-corrected chi connectivity index (χ1v) is 10.2. The van der Waals surface area contributed by atoms with Gasteiger partial charge >= 0.3 is 15.2 Å². The molecule has 2 rings (SSSR count).